The molecule has 2 saturated heterocycles. The minimum Gasteiger partial charge on any atom is -0.391 e. The molecule has 5 nitrogen and oxygen atoms in total. The van der Waals surface area contributed by atoms with Crippen LogP contribution in [0.4, 0.5) is 0 Å². The lowest BCUT2D eigenvalue weighted by atomic mass is 9.89. The van der Waals surface area contributed by atoms with Gasteiger partial charge in [-0.25, -0.2) is 0 Å². The molecule has 5 atom stereocenters. The molecule has 0 radical (unpaired) electrons. The van der Waals surface area contributed by atoms with Crippen LogP contribution in [0.2, 0.25) is 0 Å². The molecule has 1 aromatic rings. The molecule has 5 heteroatoms. The Balaban J connectivity index is 1.72. The number of Topliss-reactive ketones (excluding diaryl/α,β-unsaturated/α-hetero) is 1. The quantitative estimate of drug-likeness (QED) is 0.709. The van der Waals surface area contributed by atoms with Crippen LogP contribution in [0.1, 0.15) is 35.2 Å². The Kier molecular flexibility index (Phi) is 4.32. The smallest absolute Gasteiger partial charge is 0.164 e. The molecule has 3 N–H and O–H groups in total. The summed E-state index contributed by atoms with van der Waals surface area (Å²) in [5, 5.41) is 30.0. The first kappa shape index (κ1) is 15.6. The highest BCUT2D eigenvalue weighted by Gasteiger charge is 2.49. The highest BCUT2D eigenvalue weighted by Crippen LogP contribution is 2.33. The van der Waals surface area contributed by atoms with Crippen LogP contribution in [0.15, 0.2) is 24.3 Å². The average molecular weight is 305 g/mol. The number of aliphatic hydroxyl groups excluding tert-OH is 3. The SMILES string of the molecule is Cc1ccc(C(=O)C[C@H]2CC[C@@H](O)[C@@H]3[C@H](O)[C@H](O)CN23)cc1. The Hall–Kier alpha value is -1.27. The molecule has 0 saturated carbocycles. The molecule has 0 bridgehead atoms. The largest absolute Gasteiger partial charge is 0.391 e. The van der Waals surface area contributed by atoms with E-state index in [2.05, 4.69) is 0 Å². The second-order valence-electron chi connectivity index (χ2n) is 6.54. The molecular formula is C17H23NO4. The van der Waals surface area contributed by atoms with Crippen molar-refractivity contribution in [1.29, 1.82) is 0 Å². The third kappa shape index (κ3) is 2.82. The van der Waals surface area contributed by atoms with E-state index in [1.165, 1.54) is 0 Å². The second kappa shape index (κ2) is 6.08. The Bertz CT molecular complexity index is 544. The molecule has 2 aliphatic heterocycles. The summed E-state index contributed by atoms with van der Waals surface area (Å²) in [6, 6.07) is 7.02. The van der Waals surface area contributed by atoms with Crippen LogP contribution in [-0.2, 0) is 0 Å². The molecule has 2 aliphatic rings. The van der Waals surface area contributed by atoms with E-state index in [9.17, 15) is 20.1 Å². The third-order valence-corrected chi connectivity index (χ3v) is 4.98. The van der Waals surface area contributed by atoms with Gasteiger partial charge < -0.3 is 15.3 Å². The molecule has 0 aromatic heterocycles. The predicted molar refractivity (Wildman–Crippen MR) is 81.7 cm³/mol. The Morgan fingerprint density at radius 3 is 2.50 bits per heavy atom. The topological polar surface area (TPSA) is 81.0 Å². The van der Waals surface area contributed by atoms with Crippen molar-refractivity contribution in [3.63, 3.8) is 0 Å². The lowest BCUT2D eigenvalue weighted by Gasteiger charge is -2.40. The van der Waals surface area contributed by atoms with Crippen LogP contribution >= 0.6 is 0 Å². The summed E-state index contributed by atoms with van der Waals surface area (Å²) in [6.07, 6.45) is -0.822. The number of carbonyl (C=O) groups is 1. The minimum atomic E-state index is -0.938. The highest BCUT2D eigenvalue weighted by atomic mass is 16.3. The van der Waals surface area contributed by atoms with Crippen molar-refractivity contribution in [1.82, 2.24) is 4.90 Å². The lowest BCUT2D eigenvalue weighted by Crippen LogP contribution is -2.53. The van der Waals surface area contributed by atoms with Crippen molar-refractivity contribution in [2.24, 2.45) is 0 Å². The molecule has 120 valence electrons. The normalized spacial score (nSPS) is 35.4. The van der Waals surface area contributed by atoms with Gasteiger partial charge in [-0.1, -0.05) is 29.8 Å². The molecule has 0 unspecified atom stereocenters. The van der Waals surface area contributed by atoms with Gasteiger partial charge >= 0.3 is 0 Å². The second-order valence-corrected chi connectivity index (χ2v) is 6.54. The monoisotopic (exact) mass is 305 g/mol. The molecular weight excluding hydrogens is 282 g/mol. The molecule has 22 heavy (non-hydrogen) atoms. The van der Waals surface area contributed by atoms with E-state index in [1.807, 2.05) is 36.1 Å². The van der Waals surface area contributed by atoms with E-state index in [-0.39, 0.29) is 11.8 Å². The number of piperidine rings is 1. The fourth-order valence-electron chi connectivity index (χ4n) is 3.70. The molecule has 2 heterocycles. The number of rotatable bonds is 3. The van der Waals surface area contributed by atoms with Crippen LogP contribution in [-0.4, -0.2) is 62.9 Å². The van der Waals surface area contributed by atoms with Gasteiger partial charge in [-0.3, -0.25) is 9.69 Å². The maximum absolute atomic E-state index is 12.4. The number of hydrogen-bond donors (Lipinski definition) is 3. The van der Waals surface area contributed by atoms with E-state index in [4.69, 9.17) is 0 Å². The molecule has 2 fully saturated rings. The van der Waals surface area contributed by atoms with Crippen LogP contribution < -0.4 is 0 Å². The van der Waals surface area contributed by atoms with Gasteiger partial charge in [0.25, 0.3) is 0 Å². The van der Waals surface area contributed by atoms with Crippen molar-refractivity contribution >= 4 is 5.78 Å². The summed E-state index contributed by atoms with van der Waals surface area (Å²) >= 11 is 0. The van der Waals surface area contributed by atoms with Crippen LogP contribution in [0, 0.1) is 6.92 Å². The van der Waals surface area contributed by atoms with Crippen molar-refractivity contribution in [2.75, 3.05) is 6.54 Å². The Labute approximate surface area is 130 Å². The van der Waals surface area contributed by atoms with Gasteiger partial charge in [0.2, 0.25) is 0 Å². The summed E-state index contributed by atoms with van der Waals surface area (Å²) < 4.78 is 0. The van der Waals surface area contributed by atoms with Gasteiger partial charge in [0, 0.05) is 24.6 Å². The first-order valence-electron chi connectivity index (χ1n) is 7.87. The number of nitrogens with zero attached hydrogens (tertiary/aromatic N) is 1. The fraction of sp³-hybridized carbons (Fsp3) is 0.588. The summed E-state index contributed by atoms with van der Waals surface area (Å²) in [6.45, 7) is 2.29. The van der Waals surface area contributed by atoms with Crippen molar-refractivity contribution in [3.8, 4) is 0 Å². The molecule has 0 spiro atoms. The van der Waals surface area contributed by atoms with Crippen molar-refractivity contribution < 1.29 is 20.1 Å². The zero-order chi connectivity index (χ0) is 15.9. The van der Waals surface area contributed by atoms with Gasteiger partial charge in [-0.2, -0.15) is 0 Å². The first-order chi connectivity index (χ1) is 10.5. The van der Waals surface area contributed by atoms with Gasteiger partial charge in [0.1, 0.15) is 0 Å². The van der Waals surface area contributed by atoms with Gasteiger partial charge in [-0.05, 0) is 19.8 Å². The zero-order valence-corrected chi connectivity index (χ0v) is 12.7. The summed E-state index contributed by atoms with van der Waals surface area (Å²) in [4.78, 5) is 14.4. The Morgan fingerprint density at radius 2 is 1.82 bits per heavy atom. The van der Waals surface area contributed by atoms with E-state index >= 15 is 0 Å². The fourth-order valence-corrected chi connectivity index (χ4v) is 3.70. The molecule has 0 aliphatic carbocycles. The molecule has 1 aromatic carbocycles. The number of benzene rings is 1. The first-order valence-corrected chi connectivity index (χ1v) is 7.87. The van der Waals surface area contributed by atoms with E-state index in [0.717, 1.165) is 5.56 Å². The molecule has 0 amide bonds. The van der Waals surface area contributed by atoms with Gasteiger partial charge in [0.15, 0.2) is 5.78 Å². The summed E-state index contributed by atoms with van der Waals surface area (Å²) in [5.74, 6) is 0.0658. The standard InChI is InChI=1S/C17H23NO4/c1-10-2-4-11(5-3-10)14(20)8-12-6-7-13(19)16-17(22)15(21)9-18(12)16/h2-5,12-13,15-17,19,21-22H,6-9H2,1H3/t12-,13-,15-,16-,17-/m1/s1. The van der Waals surface area contributed by atoms with Crippen molar-refractivity contribution in [3.05, 3.63) is 35.4 Å². The van der Waals surface area contributed by atoms with E-state index < -0.39 is 24.4 Å². The average Bonchev–Trinajstić information content (AvgIpc) is 2.79. The minimum absolute atomic E-state index is 0.0333. The number of aryl methyl sites for hydroxylation is 1. The van der Waals surface area contributed by atoms with Gasteiger partial charge in [-0.15, -0.1) is 0 Å². The predicted octanol–water partition coefficient (Wildman–Crippen LogP) is 0.497. The lowest BCUT2D eigenvalue weighted by molar-refractivity contribution is -0.0453. The maximum Gasteiger partial charge on any atom is 0.164 e. The zero-order valence-electron chi connectivity index (χ0n) is 12.7. The van der Waals surface area contributed by atoms with Crippen LogP contribution in [0.5, 0.6) is 0 Å². The number of fused-ring (bicyclic) bond motifs is 1. The summed E-state index contributed by atoms with van der Waals surface area (Å²) in [7, 11) is 0. The van der Waals surface area contributed by atoms with E-state index in [0.29, 0.717) is 31.4 Å². The number of aliphatic hydroxyl groups is 3. The van der Waals surface area contributed by atoms with Crippen molar-refractivity contribution in [2.45, 2.75) is 56.6 Å². The van der Waals surface area contributed by atoms with Crippen LogP contribution in [0.25, 0.3) is 0 Å². The maximum atomic E-state index is 12.4. The number of carbonyl (C=O) groups excluding carboxylic acids is 1. The van der Waals surface area contributed by atoms with Crippen LogP contribution in [0.3, 0.4) is 0 Å². The third-order valence-electron chi connectivity index (χ3n) is 4.98. The Morgan fingerprint density at radius 1 is 1.14 bits per heavy atom. The van der Waals surface area contributed by atoms with Gasteiger partial charge in [0.05, 0.1) is 24.4 Å². The summed E-state index contributed by atoms with van der Waals surface area (Å²) in [5.41, 5.74) is 1.80. The number of ketones is 1. The van der Waals surface area contributed by atoms with E-state index in [1.54, 1.807) is 0 Å². The number of hydrogen-bond acceptors (Lipinski definition) is 5. The highest BCUT2D eigenvalue weighted by molar-refractivity contribution is 5.96. The molecule has 3 rings (SSSR count).